The van der Waals surface area contributed by atoms with Crippen LogP contribution in [0.2, 0.25) is 0 Å². The van der Waals surface area contributed by atoms with Crippen LogP contribution in [0.3, 0.4) is 0 Å². The maximum absolute atomic E-state index is 4.53. The fraction of sp³-hybridized carbons (Fsp3) is 0.375. The molecule has 0 aliphatic rings. The van der Waals surface area contributed by atoms with Crippen LogP contribution in [0, 0.1) is 20.8 Å². The number of hydrogen-bond donors (Lipinski definition) is 1. The summed E-state index contributed by atoms with van der Waals surface area (Å²) in [5, 5.41) is 3.36. The number of nitrogens with one attached hydrogen (secondary N) is 1. The van der Waals surface area contributed by atoms with E-state index in [9.17, 15) is 0 Å². The highest BCUT2D eigenvalue weighted by molar-refractivity contribution is 5.76. The number of nitrogens with zero attached hydrogens (tertiary/aromatic N) is 2. The van der Waals surface area contributed by atoms with E-state index in [-0.39, 0.29) is 0 Å². The van der Waals surface area contributed by atoms with Crippen molar-refractivity contribution in [3.05, 3.63) is 41.2 Å². The molecule has 2 aromatic rings. The lowest BCUT2D eigenvalue weighted by atomic mass is 9.97. The zero-order valence-electron chi connectivity index (χ0n) is 12.1. The van der Waals surface area contributed by atoms with Crippen LogP contribution in [0.4, 0.5) is 5.82 Å². The molecule has 1 heterocycles. The van der Waals surface area contributed by atoms with Crippen molar-refractivity contribution >= 4 is 5.82 Å². The number of aromatic nitrogens is 2. The van der Waals surface area contributed by atoms with Gasteiger partial charge in [-0.1, -0.05) is 24.6 Å². The predicted molar refractivity (Wildman–Crippen MR) is 80.5 cm³/mol. The highest BCUT2D eigenvalue weighted by Gasteiger charge is 2.12. The Bertz CT molecular complexity index is 553. The van der Waals surface area contributed by atoms with Gasteiger partial charge < -0.3 is 5.32 Å². The molecule has 0 atom stereocenters. The van der Waals surface area contributed by atoms with Crippen LogP contribution >= 0.6 is 0 Å². The summed E-state index contributed by atoms with van der Waals surface area (Å²) in [6.45, 7) is 9.44. The summed E-state index contributed by atoms with van der Waals surface area (Å²) in [7, 11) is 0. The van der Waals surface area contributed by atoms with Crippen LogP contribution < -0.4 is 5.32 Å². The highest BCUT2D eigenvalue weighted by atomic mass is 15.0. The molecule has 19 heavy (non-hydrogen) atoms. The van der Waals surface area contributed by atoms with Gasteiger partial charge in [0.1, 0.15) is 5.69 Å². The van der Waals surface area contributed by atoms with Gasteiger partial charge in [0, 0.05) is 24.5 Å². The van der Waals surface area contributed by atoms with Crippen LogP contribution in [-0.2, 0) is 0 Å². The largest absolute Gasteiger partial charge is 0.368 e. The molecule has 0 amide bonds. The van der Waals surface area contributed by atoms with Crippen molar-refractivity contribution < 1.29 is 0 Å². The van der Waals surface area contributed by atoms with Crippen molar-refractivity contribution in [2.75, 3.05) is 11.9 Å². The summed E-state index contributed by atoms with van der Waals surface area (Å²) in [5.41, 5.74) is 5.92. The summed E-state index contributed by atoms with van der Waals surface area (Å²) in [6.07, 6.45) is 4.56. The van der Waals surface area contributed by atoms with Crippen LogP contribution in [-0.4, -0.2) is 16.5 Å². The molecule has 3 heteroatoms. The van der Waals surface area contributed by atoms with Crippen molar-refractivity contribution in [3.8, 4) is 11.3 Å². The standard InChI is InChI=1S/C16H21N3/c1-5-6-18-16-15(17-7-8-19-16)14-12(3)9-11(2)10-13(14)4/h7-10H,5-6H2,1-4H3,(H,18,19). The van der Waals surface area contributed by atoms with E-state index in [0.717, 1.165) is 24.5 Å². The highest BCUT2D eigenvalue weighted by Crippen LogP contribution is 2.30. The van der Waals surface area contributed by atoms with Gasteiger partial charge in [-0.3, -0.25) is 4.98 Å². The first-order chi connectivity index (χ1) is 9.13. The molecule has 0 aliphatic carbocycles. The Morgan fingerprint density at radius 2 is 1.63 bits per heavy atom. The quantitative estimate of drug-likeness (QED) is 0.900. The first-order valence-corrected chi connectivity index (χ1v) is 6.76. The third-order valence-electron chi connectivity index (χ3n) is 3.15. The van der Waals surface area contributed by atoms with Crippen molar-refractivity contribution in [3.63, 3.8) is 0 Å². The second-order valence-corrected chi connectivity index (χ2v) is 4.95. The third kappa shape index (κ3) is 2.92. The Morgan fingerprint density at radius 3 is 2.26 bits per heavy atom. The van der Waals surface area contributed by atoms with Gasteiger partial charge >= 0.3 is 0 Å². The Balaban J connectivity index is 2.53. The predicted octanol–water partition coefficient (Wildman–Crippen LogP) is 3.89. The van der Waals surface area contributed by atoms with Gasteiger partial charge in [-0.05, 0) is 38.3 Å². The molecular weight excluding hydrogens is 234 g/mol. The number of rotatable bonds is 4. The first kappa shape index (κ1) is 13.5. The summed E-state index contributed by atoms with van der Waals surface area (Å²) < 4.78 is 0. The maximum atomic E-state index is 4.53. The zero-order chi connectivity index (χ0) is 13.8. The second kappa shape index (κ2) is 5.83. The number of aryl methyl sites for hydroxylation is 3. The average Bonchev–Trinajstić information content (AvgIpc) is 2.36. The molecule has 0 saturated heterocycles. The minimum absolute atomic E-state index is 0.874. The molecule has 3 nitrogen and oxygen atoms in total. The molecule has 1 N–H and O–H groups in total. The van der Waals surface area contributed by atoms with E-state index in [0.29, 0.717) is 0 Å². The minimum Gasteiger partial charge on any atom is -0.368 e. The lowest BCUT2D eigenvalue weighted by molar-refractivity contribution is 0.965. The fourth-order valence-electron chi connectivity index (χ4n) is 2.45. The molecule has 2 rings (SSSR count). The third-order valence-corrected chi connectivity index (χ3v) is 3.15. The van der Waals surface area contributed by atoms with E-state index in [1.54, 1.807) is 12.4 Å². The van der Waals surface area contributed by atoms with Gasteiger partial charge in [0.05, 0.1) is 0 Å². The Morgan fingerprint density at radius 1 is 1.00 bits per heavy atom. The van der Waals surface area contributed by atoms with Gasteiger partial charge in [0.15, 0.2) is 5.82 Å². The molecule has 0 radical (unpaired) electrons. The molecule has 0 spiro atoms. The Kier molecular flexibility index (Phi) is 4.15. The summed E-state index contributed by atoms with van der Waals surface area (Å²) in [4.78, 5) is 8.95. The molecular formula is C16H21N3. The van der Waals surface area contributed by atoms with Crippen LogP contribution in [0.5, 0.6) is 0 Å². The van der Waals surface area contributed by atoms with E-state index in [1.165, 1.54) is 22.3 Å². The smallest absolute Gasteiger partial charge is 0.152 e. The van der Waals surface area contributed by atoms with E-state index in [2.05, 4.69) is 55.1 Å². The monoisotopic (exact) mass is 255 g/mol. The van der Waals surface area contributed by atoms with E-state index >= 15 is 0 Å². The maximum Gasteiger partial charge on any atom is 0.152 e. The summed E-state index contributed by atoms with van der Waals surface area (Å²) >= 11 is 0. The normalized spacial score (nSPS) is 10.5. The van der Waals surface area contributed by atoms with E-state index in [4.69, 9.17) is 0 Å². The van der Waals surface area contributed by atoms with Gasteiger partial charge in [-0.25, -0.2) is 4.98 Å². The molecule has 0 unspecified atom stereocenters. The number of benzene rings is 1. The number of anilines is 1. The van der Waals surface area contributed by atoms with Gasteiger partial charge in [0.2, 0.25) is 0 Å². The Labute approximate surface area is 115 Å². The zero-order valence-corrected chi connectivity index (χ0v) is 12.1. The second-order valence-electron chi connectivity index (χ2n) is 4.95. The SMILES string of the molecule is CCCNc1nccnc1-c1c(C)cc(C)cc1C. The average molecular weight is 255 g/mol. The lowest BCUT2D eigenvalue weighted by Gasteiger charge is -2.14. The van der Waals surface area contributed by atoms with Crippen LogP contribution in [0.25, 0.3) is 11.3 Å². The molecule has 1 aromatic heterocycles. The molecule has 100 valence electrons. The van der Waals surface area contributed by atoms with Crippen molar-refractivity contribution in [2.45, 2.75) is 34.1 Å². The molecule has 0 bridgehead atoms. The van der Waals surface area contributed by atoms with E-state index < -0.39 is 0 Å². The Hall–Kier alpha value is -1.90. The summed E-state index contributed by atoms with van der Waals surface area (Å²) in [6, 6.07) is 4.39. The van der Waals surface area contributed by atoms with Crippen LogP contribution in [0.15, 0.2) is 24.5 Å². The topological polar surface area (TPSA) is 37.8 Å². The van der Waals surface area contributed by atoms with Crippen molar-refractivity contribution in [2.24, 2.45) is 0 Å². The van der Waals surface area contributed by atoms with E-state index in [1.807, 2.05) is 0 Å². The van der Waals surface area contributed by atoms with Crippen LogP contribution in [0.1, 0.15) is 30.0 Å². The molecule has 0 saturated carbocycles. The van der Waals surface area contributed by atoms with Gasteiger partial charge in [-0.2, -0.15) is 0 Å². The molecule has 0 aliphatic heterocycles. The molecule has 0 fully saturated rings. The van der Waals surface area contributed by atoms with Crippen molar-refractivity contribution in [1.29, 1.82) is 0 Å². The first-order valence-electron chi connectivity index (χ1n) is 6.76. The fourth-order valence-corrected chi connectivity index (χ4v) is 2.45. The molecule has 1 aromatic carbocycles. The van der Waals surface area contributed by atoms with Gasteiger partial charge in [0.25, 0.3) is 0 Å². The minimum atomic E-state index is 0.874. The van der Waals surface area contributed by atoms with Crippen molar-refractivity contribution in [1.82, 2.24) is 9.97 Å². The van der Waals surface area contributed by atoms with Gasteiger partial charge in [-0.15, -0.1) is 0 Å². The summed E-state index contributed by atoms with van der Waals surface area (Å²) in [5.74, 6) is 0.874. The lowest BCUT2D eigenvalue weighted by Crippen LogP contribution is -2.05. The number of hydrogen-bond acceptors (Lipinski definition) is 3.